The molecule has 2 heterocycles. The van der Waals surface area contributed by atoms with E-state index < -0.39 is 12.5 Å². The summed E-state index contributed by atoms with van der Waals surface area (Å²) in [4.78, 5) is 24.2. The number of anilines is 1. The molecule has 0 unspecified atom stereocenters. The number of furan rings is 1. The first kappa shape index (κ1) is 15.7. The molecule has 1 N–H and O–H groups in total. The molecule has 0 spiro atoms. The summed E-state index contributed by atoms with van der Waals surface area (Å²) in [6.45, 7) is -3.09. The Morgan fingerprint density at radius 1 is 1.21 bits per heavy atom. The smallest absolute Gasteiger partial charge is 0.387 e. The van der Waals surface area contributed by atoms with Crippen molar-refractivity contribution in [3.05, 3.63) is 59.2 Å². The van der Waals surface area contributed by atoms with Gasteiger partial charge < -0.3 is 19.0 Å². The first-order valence-electron chi connectivity index (χ1n) is 6.94. The van der Waals surface area contributed by atoms with Crippen molar-refractivity contribution in [2.24, 2.45) is 0 Å². The topological polar surface area (TPSA) is 73.5 Å². The zero-order valence-corrected chi connectivity index (χ0v) is 12.2. The third kappa shape index (κ3) is 3.43. The summed E-state index contributed by atoms with van der Waals surface area (Å²) in [5.41, 5.74) is 0.516. The van der Waals surface area contributed by atoms with Gasteiger partial charge in [-0.2, -0.15) is 8.78 Å². The number of nitrogens with one attached hydrogen (secondary N) is 1. The fraction of sp³-hybridized carbons (Fsp3) is 0.125. The van der Waals surface area contributed by atoms with Gasteiger partial charge >= 0.3 is 6.61 Å². The average molecular weight is 334 g/mol. The quantitative estimate of drug-likeness (QED) is 0.779. The molecule has 0 saturated heterocycles. The van der Waals surface area contributed by atoms with E-state index >= 15 is 0 Å². The van der Waals surface area contributed by atoms with Crippen LogP contribution < -0.4 is 15.6 Å². The molecule has 0 atom stereocenters. The molecule has 0 aliphatic heterocycles. The number of alkyl halides is 2. The molecule has 0 fully saturated rings. The predicted molar refractivity (Wildman–Crippen MR) is 82.2 cm³/mol. The SMILES string of the molecule is O=C(Cn1ccc2occc2c1=O)Nc1ccc(OC(F)F)cc1. The molecule has 24 heavy (non-hydrogen) atoms. The maximum Gasteiger partial charge on any atom is 0.387 e. The highest BCUT2D eigenvalue weighted by Crippen LogP contribution is 2.17. The highest BCUT2D eigenvalue weighted by Gasteiger charge is 2.09. The van der Waals surface area contributed by atoms with E-state index in [4.69, 9.17) is 4.42 Å². The molecule has 0 bridgehead atoms. The van der Waals surface area contributed by atoms with Gasteiger partial charge in [0.15, 0.2) is 0 Å². The van der Waals surface area contributed by atoms with Gasteiger partial charge in [0.1, 0.15) is 17.9 Å². The number of carbonyl (C=O) groups is 1. The van der Waals surface area contributed by atoms with Crippen LogP contribution in [0.15, 0.2) is 58.1 Å². The van der Waals surface area contributed by atoms with Gasteiger partial charge in [0.25, 0.3) is 5.56 Å². The number of rotatable bonds is 5. The standard InChI is InChI=1S/C16H12F2N2O4/c17-16(18)24-11-3-1-10(2-4-11)19-14(21)9-20-7-5-13-12(15(20)22)6-8-23-13/h1-8,16H,9H2,(H,19,21). The molecule has 0 radical (unpaired) electrons. The molecule has 1 aromatic carbocycles. The Bertz CT molecular complexity index is 916. The van der Waals surface area contributed by atoms with Crippen molar-refractivity contribution >= 4 is 22.6 Å². The molecule has 6 nitrogen and oxygen atoms in total. The number of nitrogens with zero attached hydrogens (tertiary/aromatic N) is 1. The molecule has 8 heteroatoms. The lowest BCUT2D eigenvalue weighted by molar-refractivity contribution is -0.116. The second-order valence-corrected chi connectivity index (χ2v) is 4.90. The lowest BCUT2D eigenvalue weighted by atomic mass is 10.3. The van der Waals surface area contributed by atoms with Crippen LogP contribution in [-0.4, -0.2) is 17.1 Å². The van der Waals surface area contributed by atoms with Crippen LogP contribution in [0.4, 0.5) is 14.5 Å². The van der Waals surface area contributed by atoms with Crippen LogP contribution in [0.25, 0.3) is 11.0 Å². The molecule has 1 amide bonds. The van der Waals surface area contributed by atoms with Crippen molar-refractivity contribution in [2.75, 3.05) is 5.32 Å². The number of halogens is 2. The molecule has 124 valence electrons. The van der Waals surface area contributed by atoms with E-state index in [0.717, 1.165) is 0 Å². The van der Waals surface area contributed by atoms with Crippen molar-refractivity contribution < 1.29 is 22.7 Å². The molecule has 2 aromatic heterocycles. The monoisotopic (exact) mass is 334 g/mol. The minimum atomic E-state index is -2.91. The first-order valence-corrected chi connectivity index (χ1v) is 6.94. The maximum absolute atomic E-state index is 12.2. The molecule has 0 aliphatic carbocycles. The molecule has 0 saturated carbocycles. The molecule has 3 aromatic rings. The van der Waals surface area contributed by atoms with Crippen LogP contribution in [0.3, 0.4) is 0 Å². The molecule has 0 aliphatic rings. The Balaban J connectivity index is 1.68. The summed E-state index contributed by atoms with van der Waals surface area (Å²) in [5.74, 6) is -0.438. The molecule has 3 rings (SSSR count). The van der Waals surface area contributed by atoms with E-state index in [1.165, 1.54) is 47.4 Å². The van der Waals surface area contributed by atoms with Gasteiger partial charge in [-0.3, -0.25) is 9.59 Å². The van der Waals surface area contributed by atoms with Crippen LogP contribution >= 0.6 is 0 Å². The van der Waals surface area contributed by atoms with E-state index in [-0.39, 0.29) is 17.9 Å². The normalized spacial score (nSPS) is 11.0. The van der Waals surface area contributed by atoms with Crippen LogP contribution in [-0.2, 0) is 11.3 Å². The minimum absolute atomic E-state index is 0.00960. The highest BCUT2D eigenvalue weighted by atomic mass is 19.3. The third-order valence-corrected chi connectivity index (χ3v) is 3.27. The molecular weight excluding hydrogens is 322 g/mol. The number of ether oxygens (including phenoxy) is 1. The van der Waals surface area contributed by atoms with E-state index in [9.17, 15) is 18.4 Å². The van der Waals surface area contributed by atoms with Gasteiger partial charge in [0, 0.05) is 11.9 Å². The minimum Gasteiger partial charge on any atom is -0.464 e. The lowest BCUT2D eigenvalue weighted by Crippen LogP contribution is -2.27. The van der Waals surface area contributed by atoms with E-state index in [2.05, 4.69) is 10.1 Å². The lowest BCUT2D eigenvalue weighted by Gasteiger charge is -2.09. The number of benzene rings is 1. The van der Waals surface area contributed by atoms with E-state index in [1.807, 2.05) is 0 Å². The summed E-state index contributed by atoms with van der Waals surface area (Å²) >= 11 is 0. The van der Waals surface area contributed by atoms with Crippen molar-refractivity contribution in [3.8, 4) is 5.75 Å². The third-order valence-electron chi connectivity index (χ3n) is 3.27. The van der Waals surface area contributed by atoms with Crippen LogP contribution in [0.5, 0.6) is 5.75 Å². The predicted octanol–water partition coefficient (Wildman–Crippen LogP) is 2.83. The van der Waals surface area contributed by atoms with Gasteiger partial charge in [-0.25, -0.2) is 0 Å². The number of amides is 1. The molecular formula is C16H12F2N2O4. The maximum atomic E-state index is 12.2. The number of pyridine rings is 1. The Kier molecular flexibility index (Phi) is 4.28. The summed E-state index contributed by atoms with van der Waals surface area (Å²) in [6, 6.07) is 8.61. The van der Waals surface area contributed by atoms with Crippen molar-refractivity contribution in [1.29, 1.82) is 0 Å². The number of fused-ring (bicyclic) bond motifs is 1. The largest absolute Gasteiger partial charge is 0.464 e. The second-order valence-electron chi connectivity index (χ2n) is 4.90. The summed E-state index contributed by atoms with van der Waals surface area (Å²) < 4.78 is 34.7. The van der Waals surface area contributed by atoms with Crippen LogP contribution in [0.1, 0.15) is 0 Å². The Labute approximate surface area is 134 Å². The zero-order valence-electron chi connectivity index (χ0n) is 12.2. The number of hydrogen-bond donors (Lipinski definition) is 1. The van der Waals surface area contributed by atoms with Gasteiger partial charge in [-0.05, 0) is 36.4 Å². The van der Waals surface area contributed by atoms with Gasteiger partial charge in [-0.15, -0.1) is 0 Å². The number of hydrogen-bond acceptors (Lipinski definition) is 4. The number of aromatic nitrogens is 1. The fourth-order valence-corrected chi connectivity index (χ4v) is 2.21. The fourth-order valence-electron chi connectivity index (χ4n) is 2.21. The zero-order chi connectivity index (χ0) is 17.1. The summed E-state index contributed by atoms with van der Waals surface area (Å²) in [6.07, 6.45) is 2.87. The van der Waals surface area contributed by atoms with Crippen molar-refractivity contribution in [3.63, 3.8) is 0 Å². The van der Waals surface area contributed by atoms with Crippen molar-refractivity contribution in [1.82, 2.24) is 4.57 Å². The first-order chi connectivity index (χ1) is 11.5. The van der Waals surface area contributed by atoms with Gasteiger partial charge in [0.2, 0.25) is 5.91 Å². The summed E-state index contributed by atoms with van der Waals surface area (Å²) in [5, 5.41) is 2.96. The van der Waals surface area contributed by atoms with Crippen LogP contribution in [0, 0.1) is 0 Å². The van der Waals surface area contributed by atoms with Crippen molar-refractivity contribution in [2.45, 2.75) is 13.2 Å². The summed E-state index contributed by atoms with van der Waals surface area (Å²) in [7, 11) is 0. The Hall–Kier alpha value is -3.16. The Morgan fingerprint density at radius 2 is 1.96 bits per heavy atom. The Morgan fingerprint density at radius 3 is 2.67 bits per heavy atom. The number of carbonyl (C=O) groups excluding carboxylic acids is 1. The second kappa shape index (κ2) is 6.53. The highest BCUT2D eigenvalue weighted by molar-refractivity contribution is 5.90. The average Bonchev–Trinajstić information content (AvgIpc) is 3.01. The van der Waals surface area contributed by atoms with Gasteiger partial charge in [0.05, 0.1) is 11.6 Å². The van der Waals surface area contributed by atoms with Crippen LogP contribution in [0.2, 0.25) is 0 Å². The van der Waals surface area contributed by atoms with Gasteiger partial charge in [-0.1, -0.05) is 0 Å². The van der Waals surface area contributed by atoms with E-state index in [0.29, 0.717) is 16.7 Å². The van der Waals surface area contributed by atoms with E-state index in [1.54, 1.807) is 6.07 Å².